The maximum Gasteiger partial charge on any atom is 0.410 e. The number of nitrogens with zero attached hydrogens (tertiary/aromatic N) is 3. The van der Waals surface area contributed by atoms with Crippen LogP contribution in [0.1, 0.15) is 42.7 Å². The number of carbonyl (C=O) groups is 2. The van der Waals surface area contributed by atoms with E-state index in [0.717, 1.165) is 36.4 Å². The number of carbonyl (C=O) groups excluding carboxylic acids is 2. The van der Waals surface area contributed by atoms with Crippen LogP contribution in [0.5, 0.6) is 0 Å². The number of ether oxygens (including phenoxy) is 1. The molecule has 1 aromatic heterocycles. The fourth-order valence-corrected chi connectivity index (χ4v) is 3.72. The van der Waals surface area contributed by atoms with Crippen LogP contribution in [-0.2, 0) is 16.0 Å². The van der Waals surface area contributed by atoms with E-state index in [1.54, 1.807) is 11.9 Å². The van der Waals surface area contributed by atoms with Crippen LogP contribution in [0.2, 0.25) is 0 Å². The van der Waals surface area contributed by atoms with Gasteiger partial charge in [-0.25, -0.2) is 4.79 Å². The molecule has 0 saturated carbocycles. The lowest BCUT2D eigenvalue weighted by Gasteiger charge is -2.25. The van der Waals surface area contributed by atoms with Crippen LogP contribution in [-0.4, -0.2) is 59.2 Å². The largest absolute Gasteiger partial charge is 0.441 e. The van der Waals surface area contributed by atoms with Crippen LogP contribution >= 0.6 is 0 Å². The van der Waals surface area contributed by atoms with E-state index in [1.165, 1.54) is 0 Å². The molecule has 3 rings (SSSR count). The molecule has 2 saturated heterocycles. The quantitative estimate of drug-likeness (QED) is 0.845. The van der Waals surface area contributed by atoms with E-state index in [2.05, 4.69) is 5.16 Å². The van der Waals surface area contributed by atoms with Crippen molar-refractivity contribution in [1.29, 1.82) is 0 Å². The van der Waals surface area contributed by atoms with Crippen LogP contribution in [0.3, 0.4) is 0 Å². The molecular weight excluding hydrogens is 310 g/mol. The van der Waals surface area contributed by atoms with Gasteiger partial charge in [-0.3, -0.25) is 4.79 Å². The SMILES string of the molecule is Cc1noc(C)c1CCC(=O)N1CCCC2(CC1)CN(C)C(=O)O2. The summed E-state index contributed by atoms with van der Waals surface area (Å²) in [4.78, 5) is 27.8. The minimum atomic E-state index is -0.414. The average molecular weight is 335 g/mol. The Balaban J connectivity index is 1.56. The number of likely N-dealkylation sites (N-methyl/N-ethyl adjacent to an activating group) is 1. The molecule has 0 N–H and O–H groups in total. The zero-order valence-corrected chi connectivity index (χ0v) is 14.6. The smallest absolute Gasteiger partial charge is 0.410 e. The molecule has 1 unspecified atom stereocenters. The maximum atomic E-state index is 12.6. The summed E-state index contributed by atoms with van der Waals surface area (Å²) in [5.74, 6) is 0.931. The molecule has 132 valence electrons. The van der Waals surface area contributed by atoms with Gasteiger partial charge in [-0.05, 0) is 33.1 Å². The number of aromatic nitrogens is 1. The third-order valence-electron chi connectivity index (χ3n) is 5.16. The van der Waals surface area contributed by atoms with Crippen LogP contribution in [0.15, 0.2) is 4.52 Å². The predicted molar refractivity (Wildman–Crippen MR) is 86.6 cm³/mol. The van der Waals surface area contributed by atoms with Crippen molar-refractivity contribution in [3.63, 3.8) is 0 Å². The summed E-state index contributed by atoms with van der Waals surface area (Å²) < 4.78 is 10.7. The molecule has 1 atom stereocenters. The van der Waals surface area contributed by atoms with E-state index >= 15 is 0 Å². The lowest BCUT2D eigenvalue weighted by atomic mass is 9.95. The third kappa shape index (κ3) is 3.25. The number of hydrogen-bond acceptors (Lipinski definition) is 5. The van der Waals surface area contributed by atoms with E-state index in [-0.39, 0.29) is 12.0 Å². The average Bonchev–Trinajstić information content (AvgIpc) is 2.90. The molecule has 2 aliphatic rings. The summed E-state index contributed by atoms with van der Waals surface area (Å²) in [5, 5.41) is 3.93. The van der Waals surface area contributed by atoms with Crippen molar-refractivity contribution in [2.45, 2.75) is 51.6 Å². The van der Waals surface area contributed by atoms with Gasteiger partial charge in [-0.15, -0.1) is 0 Å². The molecule has 7 heteroatoms. The predicted octanol–water partition coefficient (Wildman–Crippen LogP) is 2.06. The van der Waals surface area contributed by atoms with Crippen molar-refractivity contribution in [3.05, 3.63) is 17.0 Å². The Morgan fingerprint density at radius 3 is 2.71 bits per heavy atom. The van der Waals surface area contributed by atoms with Crippen molar-refractivity contribution < 1.29 is 18.8 Å². The van der Waals surface area contributed by atoms with Gasteiger partial charge in [0.05, 0.1) is 12.2 Å². The number of likely N-dealkylation sites (tertiary alicyclic amines) is 1. The number of aryl methyl sites for hydroxylation is 2. The van der Waals surface area contributed by atoms with Gasteiger partial charge in [0.1, 0.15) is 11.4 Å². The Morgan fingerprint density at radius 2 is 2.08 bits per heavy atom. The van der Waals surface area contributed by atoms with E-state index in [0.29, 0.717) is 32.4 Å². The monoisotopic (exact) mass is 335 g/mol. The Morgan fingerprint density at radius 1 is 1.29 bits per heavy atom. The van der Waals surface area contributed by atoms with Crippen molar-refractivity contribution in [2.75, 3.05) is 26.7 Å². The molecule has 7 nitrogen and oxygen atoms in total. The lowest BCUT2D eigenvalue weighted by molar-refractivity contribution is -0.131. The first-order valence-electron chi connectivity index (χ1n) is 8.54. The minimum absolute atomic E-state index is 0.143. The highest BCUT2D eigenvalue weighted by Crippen LogP contribution is 2.32. The van der Waals surface area contributed by atoms with Crippen molar-refractivity contribution in [1.82, 2.24) is 15.0 Å². The second-order valence-corrected chi connectivity index (χ2v) is 6.94. The van der Waals surface area contributed by atoms with Gasteiger partial charge >= 0.3 is 6.09 Å². The first-order valence-corrected chi connectivity index (χ1v) is 8.54. The second-order valence-electron chi connectivity index (χ2n) is 6.94. The number of amides is 2. The molecule has 3 heterocycles. The summed E-state index contributed by atoms with van der Waals surface area (Å²) in [7, 11) is 1.76. The first kappa shape index (κ1) is 16.8. The molecule has 0 aliphatic carbocycles. The van der Waals surface area contributed by atoms with Crippen molar-refractivity contribution in [3.8, 4) is 0 Å². The lowest BCUT2D eigenvalue weighted by Crippen LogP contribution is -2.36. The van der Waals surface area contributed by atoms with Gasteiger partial charge in [-0.1, -0.05) is 5.16 Å². The molecule has 2 aliphatic heterocycles. The number of rotatable bonds is 3. The summed E-state index contributed by atoms with van der Waals surface area (Å²) in [6, 6.07) is 0. The molecule has 0 bridgehead atoms. The Labute approximate surface area is 141 Å². The molecule has 1 aromatic rings. The molecule has 1 spiro atoms. The minimum Gasteiger partial charge on any atom is -0.441 e. The Bertz CT molecular complexity index is 622. The van der Waals surface area contributed by atoms with Crippen LogP contribution in [0.25, 0.3) is 0 Å². The maximum absolute atomic E-state index is 12.6. The zero-order chi connectivity index (χ0) is 17.3. The van der Waals surface area contributed by atoms with E-state index in [1.807, 2.05) is 18.7 Å². The molecular formula is C17H25N3O4. The van der Waals surface area contributed by atoms with E-state index in [9.17, 15) is 9.59 Å². The standard InChI is InChI=1S/C17H25N3O4/c1-12-14(13(2)24-18-12)5-6-15(21)20-9-4-7-17(8-10-20)11-19(3)16(22)23-17/h4-11H2,1-3H3. The van der Waals surface area contributed by atoms with Gasteiger partial charge in [0, 0.05) is 38.5 Å². The highest BCUT2D eigenvalue weighted by atomic mass is 16.6. The van der Waals surface area contributed by atoms with Gasteiger partial charge in [0.2, 0.25) is 5.91 Å². The second kappa shape index (κ2) is 6.45. The summed E-state index contributed by atoms with van der Waals surface area (Å²) in [6.07, 6.45) is 3.23. The molecule has 2 amide bonds. The Kier molecular flexibility index (Phi) is 4.51. The van der Waals surface area contributed by atoms with Crippen molar-refractivity contribution in [2.24, 2.45) is 0 Å². The van der Waals surface area contributed by atoms with Gasteiger partial charge in [0.25, 0.3) is 0 Å². The zero-order valence-electron chi connectivity index (χ0n) is 14.6. The van der Waals surface area contributed by atoms with E-state index < -0.39 is 5.60 Å². The van der Waals surface area contributed by atoms with Crippen LogP contribution in [0, 0.1) is 13.8 Å². The molecule has 2 fully saturated rings. The molecule has 0 radical (unpaired) electrons. The summed E-state index contributed by atoms with van der Waals surface area (Å²) in [6.45, 7) is 5.76. The van der Waals surface area contributed by atoms with Crippen LogP contribution < -0.4 is 0 Å². The topological polar surface area (TPSA) is 75.9 Å². The molecule has 24 heavy (non-hydrogen) atoms. The van der Waals surface area contributed by atoms with Crippen molar-refractivity contribution >= 4 is 12.0 Å². The third-order valence-corrected chi connectivity index (χ3v) is 5.16. The first-order chi connectivity index (χ1) is 11.4. The van der Waals surface area contributed by atoms with Gasteiger partial charge in [0.15, 0.2) is 0 Å². The summed E-state index contributed by atoms with van der Waals surface area (Å²) >= 11 is 0. The number of hydrogen-bond donors (Lipinski definition) is 0. The highest BCUT2D eigenvalue weighted by molar-refractivity contribution is 5.76. The normalized spacial score (nSPS) is 24.4. The highest BCUT2D eigenvalue weighted by Gasteiger charge is 2.44. The fourth-order valence-electron chi connectivity index (χ4n) is 3.72. The molecule has 0 aromatic carbocycles. The fraction of sp³-hybridized carbons (Fsp3) is 0.706. The Hall–Kier alpha value is -2.05. The summed E-state index contributed by atoms with van der Waals surface area (Å²) in [5.41, 5.74) is 1.47. The van der Waals surface area contributed by atoms with Gasteiger partial charge in [-0.2, -0.15) is 0 Å². The van der Waals surface area contributed by atoms with Crippen LogP contribution in [0.4, 0.5) is 4.79 Å². The van der Waals surface area contributed by atoms with E-state index in [4.69, 9.17) is 9.26 Å². The van der Waals surface area contributed by atoms with Gasteiger partial charge < -0.3 is 19.1 Å².